The lowest BCUT2D eigenvalue weighted by molar-refractivity contribution is 0.0994. The maximum absolute atomic E-state index is 14.6. The number of carbonyl (C=O) groups is 1. The number of benzene rings is 1. The molecule has 0 radical (unpaired) electrons. The van der Waals surface area contributed by atoms with E-state index in [9.17, 15) is 9.18 Å². The highest BCUT2D eigenvalue weighted by atomic mass is 19.1. The number of imidazole rings is 2. The van der Waals surface area contributed by atoms with Crippen molar-refractivity contribution < 1.29 is 13.6 Å². The molecule has 0 aliphatic heterocycles. The van der Waals surface area contributed by atoms with Gasteiger partial charge in [0.15, 0.2) is 5.89 Å². The van der Waals surface area contributed by atoms with Crippen LogP contribution in [-0.4, -0.2) is 35.2 Å². The molecular weight excluding hydrogens is 427 g/mol. The zero-order valence-corrected chi connectivity index (χ0v) is 17.8. The first kappa shape index (κ1) is 20.4. The molecule has 0 bridgehead atoms. The van der Waals surface area contributed by atoms with Crippen molar-refractivity contribution in [2.24, 2.45) is 0 Å². The minimum absolute atomic E-state index is 0.116. The second-order valence-electron chi connectivity index (χ2n) is 7.39. The molecule has 5 rings (SSSR count). The van der Waals surface area contributed by atoms with Crippen LogP contribution in [-0.2, 0) is 6.54 Å². The van der Waals surface area contributed by atoms with Gasteiger partial charge >= 0.3 is 0 Å². The van der Waals surface area contributed by atoms with E-state index in [1.54, 1.807) is 43.2 Å². The predicted molar refractivity (Wildman–Crippen MR) is 118 cm³/mol. The van der Waals surface area contributed by atoms with Crippen LogP contribution in [0.1, 0.15) is 27.8 Å². The fraction of sp³-hybridized carbons (Fsp3) is 0.136. The SMILES string of the molecule is Cc1nc(C)c(C(=O)Nc2ccc(F)c(-c3cn4cc(NCc5c[nH]cn5)cnc4n3)c2)o1. The van der Waals surface area contributed by atoms with Crippen LogP contribution in [0.3, 0.4) is 0 Å². The number of carbonyl (C=O) groups excluding carboxylic acids is 1. The summed E-state index contributed by atoms with van der Waals surface area (Å²) in [5.74, 6) is -0.00936. The summed E-state index contributed by atoms with van der Waals surface area (Å²) < 4.78 is 21.7. The van der Waals surface area contributed by atoms with Gasteiger partial charge in [0, 0.05) is 36.8 Å². The van der Waals surface area contributed by atoms with Gasteiger partial charge in [-0.05, 0) is 25.1 Å². The fourth-order valence-electron chi connectivity index (χ4n) is 3.42. The summed E-state index contributed by atoms with van der Waals surface area (Å²) in [6.07, 6.45) is 8.54. The van der Waals surface area contributed by atoms with Crippen LogP contribution in [0.2, 0.25) is 0 Å². The molecular formula is C22H19FN8O2. The quantitative estimate of drug-likeness (QED) is 0.363. The van der Waals surface area contributed by atoms with E-state index < -0.39 is 11.7 Å². The summed E-state index contributed by atoms with van der Waals surface area (Å²) in [7, 11) is 0. The average Bonchev–Trinajstić information content (AvgIpc) is 3.53. The van der Waals surface area contributed by atoms with E-state index in [0.29, 0.717) is 35.3 Å². The van der Waals surface area contributed by atoms with Crippen molar-refractivity contribution in [1.29, 1.82) is 0 Å². The molecule has 3 N–H and O–H groups in total. The third-order valence-corrected chi connectivity index (χ3v) is 4.95. The molecule has 0 saturated heterocycles. The molecule has 1 aromatic carbocycles. The van der Waals surface area contributed by atoms with E-state index in [0.717, 1.165) is 11.4 Å². The van der Waals surface area contributed by atoms with Gasteiger partial charge in [0.25, 0.3) is 5.91 Å². The van der Waals surface area contributed by atoms with Gasteiger partial charge in [-0.3, -0.25) is 9.20 Å². The molecule has 0 unspecified atom stereocenters. The van der Waals surface area contributed by atoms with Gasteiger partial charge in [0.1, 0.15) is 5.82 Å². The number of anilines is 2. The smallest absolute Gasteiger partial charge is 0.293 e. The normalized spacial score (nSPS) is 11.1. The third kappa shape index (κ3) is 4.15. The number of H-pyrrole nitrogens is 1. The number of halogens is 1. The number of fused-ring (bicyclic) bond motifs is 1. The van der Waals surface area contributed by atoms with E-state index in [1.807, 2.05) is 6.20 Å². The summed E-state index contributed by atoms with van der Waals surface area (Å²) in [5, 5.41) is 5.94. The van der Waals surface area contributed by atoms with Gasteiger partial charge in [-0.2, -0.15) is 0 Å². The van der Waals surface area contributed by atoms with Gasteiger partial charge < -0.3 is 20.0 Å². The molecule has 4 aromatic heterocycles. The molecule has 166 valence electrons. The first-order valence-corrected chi connectivity index (χ1v) is 10.1. The third-order valence-electron chi connectivity index (χ3n) is 4.95. The second kappa shape index (κ2) is 8.19. The molecule has 0 aliphatic rings. The van der Waals surface area contributed by atoms with Crippen molar-refractivity contribution >= 4 is 23.1 Å². The molecule has 10 nitrogen and oxygen atoms in total. The first-order valence-electron chi connectivity index (χ1n) is 10.1. The Morgan fingerprint density at radius 2 is 2.06 bits per heavy atom. The van der Waals surface area contributed by atoms with Crippen LogP contribution in [0.4, 0.5) is 15.8 Å². The van der Waals surface area contributed by atoms with Crippen molar-refractivity contribution in [2.45, 2.75) is 20.4 Å². The average molecular weight is 446 g/mol. The zero-order valence-electron chi connectivity index (χ0n) is 17.8. The highest BCUT2D eigenvalue weighted by Crippen LogP contribution is 2.26. The molecule has 4 heterocycles. The van der Waals surface area contributed by atoms with Crippen LogP contribution in [0, 0.1) is 19.7 Å². The molecule has 0 fully saturated rings. The number of rotatable bonds is 6. The Kier molecular flexibility index (Phi) is 5.05. The number of aromatic nitrogens is 6. The lowest BCUT2D eigenvalue weighted by Crippen LogP contribution is -2.12. The summed E-state index contributed by atoms with van der Waals surface area (Å²) >= 11 is 0. The highest BCUT2D eigenvalue weighted by Gasteiger charge is 2.18. The van der Waals surface area contributed by atoms with Crippen molar-refractivity contribution in [2.75, 3.05) is 10.6 Å². The summed E-state index contributed by atoms with van der Waals surface area (Å²) in [6.45, 7) is 3.87. The van der Waals surface area contributed by atoms with Gasteiger partial charge in [0.2, 0.25) is 11.5 Å². The zero-order chi connectivity index (χ0) is 22.9. The number of oxazole rings is 1. The van der Waals surface area contributed by atoms with Crippen LogP contribution < -0.4 is 10.6 Å². The van der Waals surface area contributed by atoms with Gasteiger partial charge in [-0.25, -0.2) is 24.3 Å². The fourth-order valence-corrected chi connectivity index (χ4v) is 3.42. The second-order valence-corrected chi connectivity index (χ2v) is 7.39. The molecule has 0 spiro atoms. The number of amides is 1. The maximum Gasteiger partial charge on any atom is 0.293 e. The number of aryl methyl sites for hydroxylation is 2. The van der Waals surface area contributed by atoms with E-state index in [-0.39, 0.29) is 11.3 Å². The van der Waals surface area contributed by atoms with Crippen molar-refractivity contribution in [3.8, 4) is 11.3 Å². The van der Waals surface area contributed by atoms with E-state index in [4.69, 9.17) is 4.42 Å². The Hall–Kier alpha value is -4.54. The maximum atomic E-state index is 14.6. The van der Waals surface area contributed by atoms with Crippen molar-refractivity contribution in [3.05, 3.63) is 78.2 Å². The lowest BCUT2D eigenvalue weighted by Gasteiger charge is -2.06. The Bertz CT molecular complexity index is 1450. The topological polar surface area (TPSA) is 126 Å². The molecule has 11 heteroatoms. The van der Waals surface area contributed by atoms with Crippen LogP contribution in [0.25, 0.3) is 17.0 Å². The number of nitrogens with one attached hydrogen (secondary N) is 3. The van der Waals surface area contributed by atoms with E-state index in [1.165, 1.54) is 18.2 Å². The molecule has 1 amide bonds. The number of hydrogen-bond donors (Lipinski definition) is 3. The van der Waals surface area contributed by atoms with Gasteiger partial charge in [-0.15, -0.1) is 0 Å². The first-order chi connectivity index (χ1) is 16.0. The van der Waals surface area contributed by atoms with Crippen molar-refractivity contribution in [3.63, 3.8) is 0 Å². The predicted octanol–water partition coefficient (Wildman–Crippen LogP) is 3.73. The minimum atomic E-state index is -0.472. The summed E-state index contributed by atoms with van der Waals surface area (Å²) in [4.78, 5) is 32.4. The summed E-state index contributed by atoms with van der Waals surface area (Å²) in [5.41, 5.74) is 3.11. The Labute approximate surface area is 186 Å². The molecule has 0 aliphatic carbocycles. The van der Waals surface area contributed by atoms with Crippen LogP contribution in [0.15, 0.2) is 53.7 Å². The Morgan fingerprint density at radius 1 is 1.18 bits per heavy atom. The number of hydrogen-bond acceptors (Lipinski definition) is 7. The van der Waals surface area contributed by atoms with Gasteiger partial charge in [-0.1, -0.05) is 0 Å². The van der Waals surface area contributed by atoms with Crippen LogP contribution in [0.5, 0.6) is 0 Å². The summed E-state index contributed by atoms with van der Waals surface area (Å²) in [6, 6.07) is 4.27. The van der Waals surface area contributed by atoms with Crippen LogP contribution >= 0.6 is 0 Å². The molecule has 5 aromatic rings. The lowest BCUT2D eigenvalue weighted by atomic mass is 10.1. The Balaban J connectivity index is 1.39. The molecule has 0 saturated carbocycles. The van der Waals surface area contributed by atoms with E-state index in [2.05, 4.69) is 35.6 Å². The largest absolute Gasteiger partial charge is 0.436 e. The highest BCUT2D eigenvalue weighted by molar-refractivity contribution is 6.03. The van der Waals surface area contributed by atoms with Crippen molar-refractivity contribution in [1.82, 2.24) is 29.3 Å². The van der Waals surface area contributed by atoms with E-state index >= 15 is 0 Å². The standard InChI is InChI=1S/C22H19FN8O2/c1-12-20(33-13(2)28-12)21(32)29-14-3-4-18(23)17(5-14)19-10-31-9-16(8-26-22(31)30-19)25-7-15-6-24-11-27-15/h3-6,8-11,25H,7H2,1-2H3,(H,24,27)(H,29,32). The Morgan fingerprint density at radius 3 is 2.82 bits per heavy atom. The molecule has 33 heavy (non-hydrogen) atoms. The number of aromatic amines is 1. The van der Waals surface area contributed by atoms with Gasteiger partial charge in [0.05, 0.1) is 41.8 Å². The monoisotopic (exact) mass is 446 g/mol. The molecule has 0 atom stereocenters. The minimum Gasteiger partial charge on any atom is -0.436 e. The number of nitrogens with zero attached hydrogens (tertiary/aromatic N) is 5.